The van der Waals surface area contributed by atoms with E-state index >= 15 is 0 Å². The number of carboxylic acid groups (broad SMARTS) is 2. The maximum atomic E-state index is 10.6. The second kappa shape index (κ2) is 13.6. The van der Waals surface area contributed by atoms with Crippen LogP contribution in [-0.2, 0) is 16.1 Å². The number of methoxy groups -OCH3 is 1. The molecule has 1 aliphatic rings. The lowest BCUT2D eigenvalue weighted by molar-refractivity contribution is -0.193. The summed E-state index contributed by atoms with van der Waals surface area (Å²) in [5.74, 6) is -4.68. The first-order valence-electron chi connectivity index (χ1n) is 11.1. The van der Waals surface area contributed by atoms with Gasteiger partial charge in [-0.1, -0.05) is 18.2 Å². The largest absolute Gasteiger partial charge is 0.494 e. The Balaban J connectivity index is 0.000000317. The number of fused-ring (bicyclic) bond motifs is 1. The molecule has 1 aliphatic heterocycles. The zero-order valence-electron chi connectivity index (χ0n) is 20.4. The molecule has 1 aromatic carbocycles. The summed E-state index contributed by atoms with van der Waals surface area (Å²) in [5, 5.41) is 15.4. The van der Waals surface area contributed by atoms with Crippen LogP contribution in [0.1, 0.15) is 5.69 Å². The van der Waals surface area contributed by atoms with E-state index in [1.54, 1.807) is 7.11 Å². The van der Waals surface area contributed by atoms with Crippen LogP contribution >= 0.6 is 0 Å². The first-order chi connectivity index (χ1) is 18.2. The molecule has 2 N–H and O–H groups in total. The Morgan fingerprint density at radius 3 is 1.97 bits per heavy atom. The SMILES string of the molecule is COc1cccc2ccc(CN3CCN(c4cccnc4)CC3)nc12.O=C(O)C(F)(F)F.O=C(O)C(F)(F)F. The van der Waals surface area contributed by atoms with Gasteiger partial charge < -0.3 is 19.8 Å². The fourth-order valence-electron chi connectivity index (χ4n) is 3.35. The van der Waals surface area contributed by atoms with E-state index in [2.05, 4.69) is 39.0 Å². The molecule has 0 bridgehead atoms. The molecule has 3 aromatic rings. The number of hydrogen-bond donors (Lipinski definition) is 2. The van der Waals surface area contributed by atoms with E-state index in [9.17, 15) is 26.3 Å². The number of rotatable bonds is 4. The lowest BCUT2D eigenvalue weighted by atomic mass is 10.2. The fourth-order valence-corrected chi connectivity index (χ4v) is 3.35. The van der Waals surface area contributed by atoms with Gasteiger partial charge in [0.1, 0.15) is 11.3 Å². The van der Waals surface area contributed by atoms with E-state index in [0.717, 1.165) is 55.1 Å². The molecule has 4 rings (SSSR count). The van der Waals surface area contributed by atoms with Crippen LogP contribution < -0.4 is 9.64 Å². The van der Waals surface area contributed by atoms with Crippen LogP contribution in [0.5, 0.6) is 5.75 Å². The van der Waals surface area contributed by atoms with Gasteiger partial charge in [0.2, 0.25) is 0 Å². The third kappa shape index (κ3) is 9.92. The number of para-hydroxylation sites is 1. The van der Waals surface area contributed by atoms with Crippen molar-refractivity contribution in [2.75, 3.05) is 38.2 Å². The molecule has 212 valence electrons. The van der Waals surface area contributed by atoms with Gasteiger partial charge in [-0.15, -0.1) is 0 Å². The van der Waals surface area contributed by atoms with Gasteiger partial charge in [0.25, 0.3) is 0 Å². The topological polar surface area (TPSA) is 116 Å². The molecule has 0 saturated carbocycles. The minimum absolute atomic E-state index is 0.834. The van der Waals surface area contributed by atoms with Crippen molar-refractivity contribution in [2.24, 2.45) is 0 Å². The molecule has 2 aromatic heterocycles. The molecular weight excluding hydrogens is 538 g/mol. The summed E-state index contributed by atoms with van der Waals surface area (Å²) >= 11 is 0. The summed E-state index contributed by atoms with van der Waals surface area (Å²) in [5.41, 5.74) is 3.24. The summed E-state index contributed by atoms with van der Waals surface area (Å²) in [6.07, 6.45) is -6.41. The van der Waals surface area contributed by atoms with Gasteiger partial charge in [-0.05, 0) is 24.3 Å². The number of pyridine rings is 2. The van der Waals surface area contributed by atoms with Crippen molar-refractivity contribution in [2.45, 2.75) is 18.9 Å². The second-order valence-electron chi connectivity index (χ2n) is 7.91. The number of anilines is 1. The smallest absolute Gasteiger partial charge is 0.490 e. The van der Waals surface area contributed by atoms with Crippen LogP contribution in [0.2, 0.25) is 0 Å². The van der Waals surface area contributed by atoms with Crippen LogP contribution in [0.25, 0.3) is 10.9 Å². The van der Waals surface area contributed by atoms with E-state index in [0.29, 0.717) is 0 Å². The van der Waals surface area contributed by atoms with E-state index in [-0.39, 0.29) is 0 Å². The Hall–Kier alpha value is -4.14. The normalized spacial score (nSPS) is 14.0. The molecule has 0 radical (unpaired) electrons. The second-order valence-corrected chi connectivity index (χ2v) is 7.91. The van der Waals surface area contributed by atoms with Crippen LogP contribution in [0.4, 0.5) is 32.0 Å². The first kappa shape index (κ1) is 31.1. The molecule has 15 heteroatoms. The van der Waals surface area contributed by atoms with Crippen molar-refractivity contribution in [1.29, 1.82) is 0 Å². The van der Waals surface area contributed by atoms with Crippen molar-refractivity contribution < 1.29 is 50.9 Å². The van der Waals surface area contributed by atoms with Gasteiger partial charge in [0, 0.05) is 44.3 Å². The number of aromatic nitrogens is 2. The highest BCUT2D eigenvalue weighted by atomic mass is 19.4. The lowest BCUT2D eigenvalue weighted by Gasteiger charge is -2.35. The minimum Gasteiger partial charge on any atom is -0.494 e. The number of carbonyl (C=O) groups is 2. The summed E-state index contributed by atoms with van der Waals surface area (Å²) in [6.45, 7) is 4.96. The van der Waals surface area contributed by atoms with E-state index in [4.69, 9.17) is 29.5 Å². The van der Waals surface area contributed by atoms with Crippen molar-refractivity contribution in [3.05, 3.63) is 60.6 Å². The molecule has 0 unspecified atom stereocenters. The Morgan fingerprint density at radius 1 is 0.897 bits per heavy atom. The monoisotopic (exact) mass is 562 g/mol. The number of nitrogens with zero attached hydrogens (tertiary/aromatic N) is 4. The Morgan fingerprint density at radius 2 is 1.49 bits per heavy atom. The van der Waals surface area contributed by atoms with Gasteiger partial charge in [-0.25, -0.2) is 14.6 Å². The van der Waals surface area contributed by atoms with Gasteiger partial charge in [0.15, 0.2) is 0 Å². The van der Waals surface area contributed by atoms with Crippen molar-refractivity contribution in [3.8, 4) is 5.75 Å². The third-order valence-corrected chi connectivity index (χ3v) is 5.21. The predicted octanol–water partition coefficient (Wildman–Crippen LogP) is 4.23. The van der Waals surface area contributed by atoms with Gasteiger partial charge >= 0.3 is 24.3 Å². The maximum Gasteiger partial charge on any atom is 0.490 e. The molecule has 39 heavy (non-hydrogen) atoms. The van der Waals surface area contributed by atoms with E-state index in [1.807, 2.05) is 30.6 Å². The quantitative estimate of drug-likeness (QED) is 0.451. The molecule has 9 nitrogen and oxygen atoms in total. The van der Waals surface area contributed by atoms with Crippen LogP contribution in [0.15, 0.2) is 54.9 Å². The third-order valence-electron chi connectivity index (χ3n) is 5.21. The lowest BCUT2D eigenvalue weighted by Crippen LogP contribution is -2.46. The summed E-state index contributed by atoms with van der Waals surface area (Å²) in [6, 6.07) is 14.4. The van der Waals surface area contributed by atoms with E-state index in [1.165, 1.54) is 5.69 Å². The standard InChI is InChI=1S/C20H22N4O.2C2HF3O2/c1-25-19-6-2-4-16-7-8-17(22-20(16)19)15-23-10-12-24(13-11-23)18-5-3-9-21-14-18;2*3-2(4,5)1(6)7/h2-9,14H,10-13,15H2,1H3;2*(H,6,7). The maximum absolute atomic E-state index is 10.6. The molecule has 0 amide bonds. The molecule has 1 fully saturated rings. The molecular formula is C24H24F6N4O5. The van der Waals surface area contributed by atoms with Gasteiger partial charge in [0.05, 0.1) is 24.7 Å². The summed E-state index contributed by atoms with van der Waals surface area (Å²) in [7, 11) is 1.70. The first-order valence-corrected chi connectivity index (χ1v) is 11.1. The molecule has 0 spiro atoms. The number of halogens is 6. The number of carboxylic acids is 2. The number of alkyl halides is 6. The Labute approximate surface area is 218 Å². The highest BCUT2D eigenvalue weighted by Crippen LogP contribution is 2.24. The highest BCUT2D eigenvalue weighted by Gasteiger charge is 2.38. The number of aliphatic carboxylic acids is 2. The highest BCUT2D eigenvalue weighted by molar-refractivity contribution is 5.84. The molecule has 0 atom stereocenters. The molecule has 3 heterocycles. The fraction of sp³-hybridized carbons (Fsp3) is 0.333. The summed E-state index contributed by atoms with van der Waals surface area (Å²) < 4.78 is 68.9. The van der Waals surface area contributed by atoms with Crippen LogP contribution in [0, 0.1) is 0 Å². The van der Waals surface area contributed by atoms with Crippen molar-refractivity contribution >= 4 is 28.5 Å². The zero-order chi connectivity index (χ0) is 29.2. The average molecular weight is 562 g/mol. The molecule has 1 saturated heterocycles. The van der Waals surface area contributed by atoms with Gasteiger partial charge in [-0.3, -0.25) is 9.88 Å². The summed E-state index contributed by atoms with van der Waals surface area (Å²) in [4.78, 5) is 31.7. The number of piperazine rings is 1. The van der Waals surface area contributed by atoms with Crippen LogP contribution in [-0.4, -0.2) is 82.7 Å². The minimum atomic E-state index is -5.08. The molecule has 0 aliphatic carbocycles. The Bertz CT molecular complexity index is 1210. The van der Waals surface area contributed by atoms with Crippen LogP contribution in [0.3, 0.4) is 0 Å². The van der Waals surface area contributed by atoms with E-state index < -0.39 is 24.3 Å². The Kier molecular flexibility index (Phi) is 10.8. The zero-order valence-corrected chi connectivity index (χ0v) is 20.4. The predicted molar refractivity (Wildman–Crippen MR) is 127 cm³/mol. The average Bonchev–Trinajstić information content (AvgIpc) is 2.89. The van der Waals surface area contributed by atoms with Crippen molar-refractivity contribution in [3.63, 3.8) is 0 Å². The number of hydrogen-bond acceptors (Lipinski definition) is 7. The number of ether oxygens (including phenoxy) is 1. The number of benzene rings is 1. The van der Waals surface area contributed by atoms with Gasteiger partial charge in [-0.2, -0.15) is 26.3 Å². The van der Waals surface area contributed by atoms with Crippen molar-refractivity contribution in [1.82, 2.24) is 14.9 Å².